The molecule has 1 N–H and O–H groups in total. The molecule has 0 aromatic carbocycles. The van der Waals surface area contributed by atoms with E-state index in [1.54, 1.807) is 22.8 Å². The van der Waals surface area contributed by atoms with Crippen LogP contribution in [0.3, 0.4) is 0 Å². The van der Waals surface area contributed by atoms with E-state index in [0.29, 0.717) is 11.5 Å². The van der Waals surface area contributed by atoms with Gasteiger partial charge in [-0.05, 0) is 37.3 Å². The number of nitrogens with one attached hydrogen (secondary N) is 1. The van der Waals surface area contributed by atoms with Crippen molar-refractivity contribution in [2.45, 2.75) is 6.92 Å². The van der Waals surface area contributed by atoms with Crippen LogP contribution in [0.5, 0.6) is 0 Å². The molecular weight excluding hydrogens is 240 g/mol. The molecule has 0 aliphatic heterocycles. The van der Waals surface area contributed by atoms with Crippen molar-refractivity contribution < 1.29 is 4.79 Å². The first-order valence-electron chi connectivity index (χ1n) is 5.92. The number of carbonyl (C=O) groups excluding carboxylic acids is 1. The normalized spacial score (nSPS) is 10.6. The van der Waals surface area contributed by atoms with Gasteiger partial charge in [0.2, 0.25) is 0 Å². The van der Waals surface area contributed by atoms with Gasteiger partial charge in [0.1, 0.15) is 5.82 Å². The Morgan fingerprint density at radius 1 is 1.21 bits per heavy atom. The van der Waals surface area contributed by atoms with Crippen molar-refractivity contribution in [1.29, 1.82) is 0 Å². The largest absolute Gasteiger partial charge is 0.305 e. The summed E-state index contributed by atoms with van der Waals surface area (Å²) < 4.78 is 1.67. The van der Waals surface area contributed by atoms with Crippen LogP contribution in [-0.2, 0) is 0 Å². The lowest BCUT2D eigenvalue weighted by Crippen LogP contribution is -2.13. The van der Waals surface area contributed by atoms with Crippen LogP contribution in [0.25, 0.3) is 5.52 Å². The number of hydrogen-bond donors (Lipinski definition) is 1. The summed E-state index contributed by atoms with van der Waals surface area (Å²) in [6.45, 7) is 1.88. The quantitative estimate of drug-likeness (QED) is 0.761. The maximum Gasteiger partial charge on any atom is 0.277 e. The number of rotatable bonds is 2. The molecule has 19 heavy (non-hydrogen) atoms. The van der Waals surface area contributed by atoms with Gasteiger partial charge in [-0.15, -0.1) is 0 Å². The highest BCUT2D eigenvalue weighted by Crippen LogP contribution is 2.09. The highest BCUT2D eigenvalue weighted by molar-refractivity contribution is 6.03. The molecule has 0 fully saturated rings. The van der Waals surface area contributed by atoms with Gasteiger partial charge in [0, 0.05) is 11.9 Å². The van der Waals surface area contributed by atoms with E-state index in [1.807, 2.05) is 37.3 Å². The lowest BCUT2D eigenvalue weighted by atomic mass is 10.3. The topological polar surface area (TPSA) is 59.3 Å². The number of hydrogen-bond acceptors (Lipinski definition) is 3. The minimum Gasteiger partial charge on any atom is -0.305 e. The van der Waals surface area contributed by atoms with Gasteiger partial charge in [0.25, 0.3) is 5.91 Å². The van der Waals surface area contributed by atoms with Crippen LogP contribution < -0.4 is 5.32 Å². The van der Waals surface area contributed by atoms with E-state index in [4.69, 9.17) is 0 Å². The van der Waals surface area contributed by atoms with Crippen LogP contribution in [0.2, 0.25) is 0 Å². The SMILES string of the molecule is Cc1cccc(NC(=O)c2cc3ccccn3n2)n1. The second-order valence-corrected chi connectivity index (χ2v) is 4.22. The van der Waals surface area contributed by atoms with Gasteiger partial charge < -0.3 is 5.32 Å². The fraction of sp³-hybridized carbons (Fsp3) is 0.0714. The van der Waals surface area contributed by atoms with Crippen molar-refractivity contribution in [1.82, 2.24) is 14.6 Å². The van der Waals surface area contributed by atoms with Crippen LogP contribution in [0.1, 0.15) is 16.2 Å². The summed E-state index contributed by atoms with van der Waals surface area (Å²) in [7, 11) is 0. The predicted molar refractivity (Wildman–Crippen MR) is 72.1 cm³/mol. The van der Waals surface area contributed by atoms with Gasteiger partial charge >= 0.3 is 0 Å². The molecular formula is C14H12N4O. The highest BCUT2D eigenvalue weighted by atomic mass is 16.2. The van der Waals surface area contributed by atoms with Gasteiger partial charge in [-0.1, -0.05) is 12.1 Å². The summed E-state index contributed by atoms with van der Waals surface area (Å²) in [4.78, 5) is 16.3. The molecule has 3 rings (SSSR count). The van der Waals surface area contributed by atoms with E-state index < -0.39 is 0 Å². The smallest absolute Gasteiger partial charge is 0.277 e. The van der Waals surface area contributed by atoms with Crippen LogP contribution in [-0.4, -0.2) is 20.5 Å². The Kier molecular flexibility index (Phi) is 2.72. The molecule has 5 heteroatoms. The van der Waals surface area contributed by atoms with Crippen LogP contribution >= 0.6 is 0 Å². The third-order valence-corrected chi connectivity index (χ3v) is 2.73. The van der Waals surface area contributed by atoms with E-state index in [2.05, 4.69) is 15.4 Å². The lowest BCUT2D eigenvalue weighted by Gasteiger charge is -2.02. The maximum absolute atomic E-state index is 12.1. The van der Waals surface area contributed by atoms with Crippen molar-refractivity contribution in [2.75, 3.05) is 5.32 Å². The third kappa shape index (κ3) is 2.30. The van der Waals surface area contributed by atoms with E-state index in [9.17, 15) is 4.79 Å². The number of amides is 1. The number of aromatic nitrogens is 3. The van der Waals surface area contributed by atoms with Crippen molar-refractivity contribution in [2.24, 2.45) is 0 Å². The van der Waals surface area contributed by atoms with Crippen molar-refractivity contribution >= 4 is 17.2 Å². The fourth-order valence-electron chi connectivity index (χ4n) is 1.84. The van der Waals surface area contributed by atoms with E-state index >= 15 is 0 Å². The maximum atomic E-state index is 12.1. The van der Waals surface area contributed by atoms with Gasteiger partial charge in [-0.25, -0.2) is 9.50 Å². The van der Waals surface area contributed by atoms with Crippen molar-refractivity contribution in [3.63, 3.8) is 0 Å². The zero-order chi connectivity index (χ0) is 13.2. The summed E-state index contributed by atoms with van der Waals surface area (Å²) >= 11 is 0. The molecule has 5 nitrogen and oxygen atoms in total. The molecule has 3 heterocycles. The van der Waals surface area contributed by atoms with E-state index in [1.165, 1.54) is 0 Å². The first kappa shape index (κ1) is 11.4. The molecule has 0 aliphatic carbocycles. The van der Waals surface area contributed by atoms with Crippen LogP contribution in [0.15, 0.2) is 48.7 Å². The fourth-order valence-corrected chi connectivity index (χ4v) is 1.84. The molecule has 94 valence electrons. The van der Waals surface area contributed by atoms with Gasteiger partial charge in [0.05, 0.1) is 5.52 Å². The summed E-state index contributed by atoms with van der Waals surface area (Å²) in [5.41, 5.74) is 2.10. The van der Waals surface area contributed by atoms with Crippen LogP contribution in [0, 0.1) is 6.92 Å². The van der Waals surface area contributed by atoms with Crippen LogP contribution in [0.4, 0.5) is 5.82 Å². The number of nitrogens with zero attached hydrogens (tertiary/aromatic N) is 3. The first-order chi connectivity index (χ1) is 9.22. The monoisotopic (exact) mass is 252 g/mol. The minimum absolute atomic E-state index is 0.262. The standard InChI is InChI=1S/C14H12N4O/c1-10-5-4-7-13(15-10)16-14(19)12-9-11-6-2-3-8-18(11)17-12/h2-9H,1H3,(H,15,16,19). The Morgan fingerprint density at radius 2 is 2.11 bits per heavy atom. The van der Waals surface area contributed by atoms with Gasteiger partial charge in [-0.2, -0.15) is 5.10 Å². The average molecular weight is 252 g/mol. The third-order valence-electron chi connectivity index (χ3n) is 2.73. The number of carbonyl (C=O) groups is 1. The van der Waals surface area contributed by atoms with Crippen molar-refractivity contribution in [3.8, 4) is 0 Å². The molecule has 3 aromatic rings. The number of fused-ring (bicyclic) bond motifs is 1. The molecule has 1 amide bonds. The molecule has 0 unspecified atom stereocenters. The van der Waals surface area contributed by atoms with E-state index in [0.717, 1.165) is 11.2 Å². The zero-order valence-electron chi connectivity index (χ0n) is 10.4. The second kappa shape index (κ2) is 4.53. The molecule has 0 bridgehead atoms. The molecule has 0 aliphatic rings. The lowest BCUT2D eigenvalue weighted by molar-refractivity contribution is 0.102. The minimum atomic E-state index is -0.262. The Hall–Kier alpha value is -2.69. The molecule has 0 radical (unpaired) electrons. The Morgan fingerprint density at radius 3 is 2.89 bits per heavy atom. The highest BCUT2D eigenvalue weighted by Gasteiger charge is 2.11. The number of anilines is 1. The molecule has 0 spiro atoms. The van der Waals surface area contributed by atoms with E-state index in [-0.39, 0.29) is 5.91 Å². The zero-order valence-corrected chi connectivity index (χ0v) is 10.4. The molecule has 3 aromatic heterocycles. The second-order valence-electron chi connectivity index (χ2n) is 4.22. The number of pyridine rings is 2. The predicted octanol–water partition coefficient (Wildman–Crippen LogP) is 2.29. The molecule has 0 saturated heterocycles. The average Bonchev–Trinajstić information content (AvgIpc) is 2.82. The Balaban J connectivity index is 1.87. The van der Waals surface area contributed by atoms with Crippen molar-refractivity contribution in [3.05, 3.63) is 60.0 Å². The molecule has 0 atom stereocenters. The Labute approximate surface area is 109 Å². The summed E-state index contributed by atoms with van der Waals surface area (Å²) in [5.74, 6) is 0.267. The first-order valence-corrected chi connectivity index (χ1v) is 5.92. The molecule has 0 saturated carbocycles. The number of aryl methyl sites for hydroxylation is 1. The Bertz CT molecular complexity index is 715. The summed E-state index contributed by atoms with van der Waals surface area (Å²) in [6.07, 6.45) is 1.80. The van der Waals surface area contributed by atoms with Gasteiger partial charge in [0.15, 0.2) is 5.69 Å². The summed E-state index contributed by atoms with van der Waals surface area (Å²) in [5, 5.41) is 6.94. The summed E-state index contributed by atoms with van der Waals surface area (Å²) in [6, 6.07) is 12.9. The van der Waals surface area contributed by atoms with Gasteiger partial charge in [-0.3, -0.25) is 4.79 Å².